The summed E-state index contributed by atoms with van der Waals surface area (Å²) >= 11 is 12.0. The third kappa shape index (κ3) is 2.87. The molecule has 2 saturated heterocycles. The molecule has 1 unspecified atom stereocenters. The van der Waals surface area contributed by atoms with Crippen molar-refractivity contribution in [3.63, 3.8) is 0 Å². The van der Waals surface area contributed by atoms with Crippen LogP contribution >= 0.6 is 23.2 Å². The number of nitrogens with zero attached hydrogens (tertiary/aromatic N) is 2. The van der Waals surface area contributed by atoms with Crippen molar-refractivity contribution in [2.45, 2.75) is 19.0 Å². The number of nitrogens with one attached hydrogen (secondary N) is 1. The van der Waals surface area contributed by atoms with Crippen molar-refractivity contribution in [1.82, 2.24) is 10.2 Å². The number of piperazine rings is 1. The van der Waals surface area contributed by atoms with Crippen molar-refractivity contribution in [1.29, 1.82) is 0 Å². The number of rotatable bonds is 2. The standard InChI is InChI=1S/C14H17Cl2N3O/c15-11-2-1-10(9-12(11)16)18-5-7-19(8-6-18)13-3-4-14(20)17-13/h1-2,9,13H,3-8H2,(H,17,20). The molecule has 3 rings (SSSR count). The normalized spacial score (nSPS) is 24.0. The van der Waals surface area contributed by atoms with Gasteiger partial charge in [-0.15, -0.1) is 0 Å². The van der Waals surface area contributed by atoms with Gasteiger partial charge in [0.15, 0.2) is 0 Å². The molecule has 1 amide bonds. The first kappa shape index (κ1) is 14.0. The maximum Gasteiger partial charge on any atom is 0.221 e. The fourth-order valence-corrected chi connectivity index (χ4v) is 3.14. The predicted molar refractivity (Wildman–Crippen MR) is 81.4 cm³/mol. The third-order valence-corrected chi connectivity index (χ3v) is 4.73. The van der Waals surface area contributed by atoms with Gasteiger partial charge in [-0.1, -0.05) is 23.2 Å². The highest BCUT2D eigenvalue weighted by atomic mass is 35.5. The smallest absolute Gasteiger partial charge is 0.221 e. The monoisotopic (exact) mass is 313 g/mol. The molecule has 0 aliphatic carbocycles. The van der Waals surface area contributed by atoms with Crippen LogP contribution in [0.5, 0.6) is 0 Å². The molecule has 1 aromatic rings. The number of anilines is 1. The molecule has 2 heterocycles. The molecule has 2 fully saturated rings. The van der Waals surface area contributed by atoms with E-state index in [1.165, 1.54) is 0 Å². The van der Waals surface area contributed by atoms with Gasteiger partial charge in [-0.2, -0.15) is 0 Å². The quantitative estimate of drug-likeness (QED) is 0.910. The minimum Gasteiger partial charge on any atom is -0.369 e. The lowest BCUT2D eigenvalue weighted by molar-refractivity contribution is -0.119. The molecule has 108 valence electrons. The largest absolute Gasteiger partial charge is 0.369 e. The highest BCUT2D eigenvalue weighted by Gasteiger charge is 2.29. The summed E-state index contributed by atoms with van der Waals surface area (Å²) in [5.74, 6) is 0.168. The van der Waals surface area contributed by atoms with Gasteiger partial charge >= 0.3 is 0 Å². The Balaban J connectivity index is 1.60. The summed E-state index contributed by atoms with van der Waals surface area (Å²) in [5, 5.41) is 4.20. The average molecular weight is 314 g/mol. The van der Waals surface area contributed by atoms with Crippen molar-refractivity contribution < 1.29 is 4.79 Å². The van der Waals surface area contributed by atoms with E-state index >= 15 is 0 Å². The van der Waals surface area contributed by atoms with Gasteiger partial charge in [0, 0.05) is 38.3 Å². The molecule has 1 N–H and O–H groups in total. The molecule has 20 heavy (non-hydrogen) atoms. The summed E-state index contributed by atoms with van der Waals surface area (Å²) < 4.78 is 0. The van der Waals surface area contributed by atoms with Crippen LogP contribution in [0.15, 0.2) is 18.2 Å². The summed E-state index contributed by atoms with van der Waals surface area (Å²) in [6.45, 7) is 3.77. The van der Waals surface area contributed by atoms with Crippen LogP contribution in [-0.2, 0) is 4.79 Å². The van der Waals surface area contributed by atoms with Crippen LogP contribution in [0.3, 0.4) is 0 Å². The highest BCUT2D eigenvalue weighted by molar-refractivity contribution is 6.42. The lowest BCUT2D eigenvalue weighted by Crippen LogP contribution is -2.53. The van der Waals surface area contributed by atoms with E-state index in [1.54, 1.807) is 0 Å². The molecule has 0 bridgehead atoms. The number of hydrogen-bond donors (Lipinski definition) is 1. The maximum atomic E-state index is 11.3. The summed E-state index contributed by atoms with van der Waals surface area (Å²) in [5.41, 5.74) is 1.11. The Morgan fingerprint density at radius 2 is 1.85 bits per heavy atom. The molecule has 2 aliphatic rings. The number of halogens is 2. The minimum absolute atomic E-state index is 0.168. The molecular formula is C14H17Cl2N3O. The number of amides is 1. The molecule has 0 spiro atoms. The van der Waals surface area contributed by atoms with Crippen LogP contribution in [0.25, 0.3) is 0 Å². The van der Waals surface area contributed by atoms with E-state index in [9.17, 15) is 4.79 Å². The molecule has 0 aromatic heterocycles. The number of hydrogen-bond acceptors (Lipinski definition) is 3. The van der Waals surface area contributed by atoms with Gasteiger partial charge in [0.2, 0.25) is 5.91 Å². The average Bonchev–Trinajstić information content (AvgIpc) is 2.89. The lowest BCUT2D eigenvalue weighted by atomic mass is 10.2. The van der Waals surface area contributed by atoms with Crippen LogP contribution in [0, 0.1) is 0 Å². The van der Waals surface area contributed by atoms with E-state index in [1.807, 2.05) is 18.2 Å². The van der Waals surface area contributed by atoms with Gasteiger partial charge in [-0.3, -0.25) is 9.69 Å². The second-order valence-corrected chi connectivity index (χ2v) is 6.06. The second kappa shape index (κ2) is 5.80. The van der Waals surface area contributed by atoms with Crippen molar-refractivity contribution in [2.24, 2.45) is 0 Å². The Morgan fingerprint density at radius 3 is 2.45 bits per heavy atom. The van der Waals surface area contributed by atoms with Crippen molar-refractivity contribution in [3.8, 4) is 0 Å². The van der Waals surface area contributed by atoms with E-state index in [0.29, 0.717) is 16.5 Å². The van der Waals surface area contributed by atoms with Crippen molar-refractivity contribution in [2.75, 3.05) is 31.1 Å². The molecule has 4 nitrogen and oxygen atoms in total. The number of carbonyl (C=O) groups is 1. The molecule has 0 radical (unpaired) electrons. The SMILES string of the molecule is O=C1CCC(N2CCN(c3ccc(Cl)c(Cl)c3)CC2)N1. The number of benzene rings is 1. The first-order chi connectivity index (χ1) is 9.63. The molecule has 6 heteroatoms. The van der Waals surface area contributed by atoms with Gasteiger partial charge < -0.3 is 10.2 Å². The van der Waals surface area contributed by atoms with E-state index < -0.39 is 0 Å². The summed E-state index contributed by atoms with van der Waals surface area (Å²) in [6, 6.07) is 5.75. The van der Waals surface area contributed by atoms with Gasteiger partial charge in [0.25, 0.3) is 0 Å². The zero-order chi connectivity index (χ0) is 14.1. The molecular weight excluding hydrogens is 297 g/mol. The summed E-state index contributed by atoms with van der Waals surface area (Å²) in [7, 11) is 0. The maximum absolute atomic E-state index is 11.3. The van der Waals surface area contributed by atoms with Crippen LogP contribution in [0.1, 0.15) is 12.8 Å². The van der Waals surface area contributed by atoms with Crippen molar-refractivity contribution >= 4 is 34.8 Å². The van der Waals surface area contributed by atoms with Crippen LogP contribution in [0.2, 0.25) is 10.0 Å². The van der Waals surface area contributed by atoms with E-state index in [2.05, 4.69) is 15.1 Å². The van der Waals surface area contributed by atoms with Gasteiger partial charge in [-0.25, -0.2) is 0 Å². The fourth-order valence-electron chi connectivity index (χ4n) is 2.85. The van der Waals surface area contributed by atoms with E-state index in [-0.39, 0.29) is 12.1 Å². The summed E-state index contributed by atoms with van der Waals surface area (Å²) in [6.07, 6.45) is 1.79. The molecule has 1 atom stereocenters. The Labute approximate surface area is 128 Å². The first-order valence-electron chi connectivity index (χ1n) is 6.87. The van der Waals surface area contributed by atoms with Gasteiger partial charge in [0.1, 0.15) is 0 Å². The molecule has 1 aromatic carbocycles. The van der Waals surface area contributed by atoms with Crippen LogP contribution < -0.4 is 10.2 Å². The number of carbonyl (C=O) groups excluding carboxylic acids is 1. The van der Waals surface area contributed by atoms with Gasteiger partial charge in [0.05, 0.1) is 16.2 Å². The minimum atomic E-state index is 0.168. The van der Waals surface area contributed by atoms with Crippen molar-refractivity contribution in [3.05, 3.63) is 28.2 Å². The first-order valence-corrected chi connectivity index (χ1v) is 7.62. The predicted octanol–water partition coefficient (Wildman–Crippen LogP) is 2.35. The Hall–Kier alpha value is -0.970. The third-order valence-electron chi connectivity index (χ3n) is 4.00. The van der Waals surface area contributed by atoms with Crippen LogP contribution in [-0.4, -0.2) is 43.2 Å². The topological polar surface area (TPSA) is 35.6 Å². The zero-order valence-corrected chi connectivity index (χ0v) is 12.6. The Kier molecular flexibility index (Phi) is 4.06. The van der Waals surface area contributed by atoms with E-state index in [0.717, 1.165) is 38.3 Å². The lowest BCUT2D eigenvalue weighted by Gasteiger charge is -2.38. The second-order valence-electron chi connectivity index (χ2n) is 5.24. The molecule has 2 aliphatic heterocycles. The summed E-state index contributed by atoms with van der Waals surface area (Å²) in [4.78, 5) is 15.9. The molecule has 0 saturated carbocycles. The van der Waals surface area contributed by atoms with Crippen LogP contribution in [0.4, 0.5) is 5.69 Å². The fraction of sp³-hybridized carbons (Fsp3) is 0.500. The highest BCUT2D eigenvalue weighted by Crippen LogP contribution is 2.28. The van der Waals surface area contributed by atoms with E-state index in [4.69, 9.17) is 23.2 Å². The van der Waals surface area contributed by atoms with Gasteiger partial charge in [-0.05, 0) is 24.6 Å². The Morgan fingerprint density at radius 1 is 1.10 bits per heavy atom. The zero-order valence-electron chi connectivity index (χ0n) is 11.1. The Bertz CT molecular complexity index is 515.